The van der Waals surface area contributed by atoms with Crippen molar-refractivity contribution < 1.29 is 9.53 Å². The van der Waals surface area contributed by atoms with E-state index in [9.17, 15) is 4.79 Å². The average Bonchev–Trinajstić information content (AvgIpc) is 3.21. The minimum Gasteiger partial charge on any atom is -0.378 e. The molecular formula is C21H23N5O2S. The molecule has 0 bridgehead atoms. The summed E-state index contributed by atoms with van der Waals surface area (Å²) in [6, 6.07) is 15.9. The van der Waals surface area contributed by atoms with Gasteiger partial charge in [-0.15, -0.1) is 5.10 Å². The van der Waals surface area contributed by atoms with Gasteiger partial charge < -0.3 is 9.64 Å². The number of carbonyl (C=O) groups is 1. The number of benzene rings is 2. The molecule has 0 N–H and O–H groups in total. The Morgan fingerprint density at radius 3 is 2.59 bits per heavy atom. The second-order valence-electron chi connectivity index (χ2n) is 7.01. The molecular weight excluding hydrogens is 386 g/mol. The van der Waals surface area contributed by atoms with Crippen molar-refractivity contribution in [3.8, 4) is 5.69 Å². The van der Waals surface area contributed by atoms with Crippen LogP contribution in [0.5, 0.6) is 0 Å². The van der Waals surface area contributed by atoms with Crippen LogP contribution in [0.2, 0.25) is 0 Å². The maximum atomic E-state index is 13.4. The predicted octanol–water partition coefficient (Wildman–Crippen LogP) is 2.97. The Balaban J connectivity index is 1.67. The molecule has 0 saturated carbocycles. The zero-order valence-electron chi connectivity index (χ0n) is 16.5. The monoisotopic (exact) mass is 409 g/mol. The van der Waals surface area contributed by atoms with Crippen molar-refractivity contribution in [2.75, 3.05) is 26.3 Å². The summed E-state index contributed by atoms with van der Waals surface area (Å²) in [6.45, 7) is 6.43. The Hall–Kier alpha value is -2.71. The molecule has 29 heavy (non-hydrogen) atoms. The second-order valence-corrected chi connectivity index (χ2v) is 8.08. The lowest BCUT2D eigenvalue weighted by Gasteiger charge is -2.30. The Morgan fingerprint density at radius 2 is 1.86 bits per heavy atom. The number of morpholine rings is 1. The number of amides is 1. The molecule has 150 valence electrons. The highest BCUT2D eigenvalue weighted by atomic mass is 32.2. The largest absolute Gasteiger partial charge is 0.378 e. The van der Waals surface area contributed by atoms with E-state index in [1.54, 1.807) is 4.68 Å². The molecule has 0 radical (unpaired) electrons. The number of aryl methyl sites for hydroxylation is 2. The van der Waals surface area contributed by atoms with Gasteiger partial charge in [-0.1, -0.05) is 59.8 Å². The lowest BCUT2D eigenvalue weighted by atomic mass is 10.1. The van der Waals surface area contributed by atoms with Crippen molar-refractivity contribution >= 4 is 17.7 Å². The third-order valence-corrected chi connectivity index (χ3v) is 6.07. The lowest BCUT2D eigenvalue weighted by molar-refractivity contribution is -0.134. The Labute approximate surface area is 174 Å². The fourth-order valence-corrected chi connectivity index (χ4v) is 4.46. The number of nitrogens with zero attached hydrogens (tertiary/aromatic N) is 5. The maximum absolute atomic E-state index is 13.4. The smallest absolute Gasteiger partial charge is 0.240 e. The molecule has 2 heterocycles. The average molecular weight is 410 g/mol. The van der Waals surface area contributed by atoms with Gasteiger partial charge in [0, 0.05) is 13.1 Å². The van der Waals surface area contributed by atoms with E-state index in [1.165, 1.54) is 17.3 Å². The van der Waals surface area contributed by atoms with Crippen molar-refractivity contribution in [2.45, 2.75) is 24.3 Å². The standard InChI is InChI=1S/C21H23N5O2S/c1-15-8-9-18(16(2)14-15)26-21(22-23-24-26)29-19(17-6-4-3-5-7-17)20(27)25-10-12-28-13-11-25/h3-9,14,19H,10-13H2,1-2H3/t19-/m1/s1. The topological polar surface area (TPSA) is 73.1 Å². The maximum Gasteiger partial charge on any atom is 0.240 e. The van der Waals surface area contributed by atoms with Crippen LogP contribution in [0.25, 0.3) is 5.69 Å². The van der Waals surface area contributed by atoms with E-state index in [0.717, 1.165) is 16.8 Å². The van der Waals surface area contributed by atoms with E-state index >= 15 is 0 Å². The molecule has 2 aromatic carbocycles. The SMILES string of the molecule is Cc1ccc(-n2nnnc2S[C@@H](C(=O)N2CCOCC2)c2ccccc2)c(C)c1. The third-order valence-electron chi connectivity index (χ3n) is 4.89. The molecule has 8 heteroatoms. The van der Waals surface area contributed by atoms with Crippen LogP contribution in [0.1, 0.15) is 21.9 Å². The minimum absolute atomic E-state index is 0.0553. The van der Waals surface area contributed by atoms with Crippen LogP contribution in [0.3, 0.4) is 0 Å². The van der Waals surface area contributed by atoms with Crippen molar-refractivity contribution in [1.82, 2.24) is 25.1 Å². The highest BCUT2D eigenvalue weighted by Crippen LogP contribution is 2.36. The summed E-state index contributed by atoms with van der Waals surface area (Å²) in [5, 5.41) is 12.4. The number of tetrazole rings is 1. The van der Waals surface area contributed by atoms with Crippen LogP contribution < -0.4 is 0 Å². The van der Waals surface area contributed by atoms with Crippen molar-refractivity contribution in [3.05, 3.63) is 65.2 Å². The van der Waals surface area contributed by atoms with Gasteiger partial charge in [-0.2, -0.15) is 4.68 Å². The van der Waals surface area contributed by atoms with Gasteiger partial charge in [0.05, 0.1) is 18.9 Å². The number of thioether (sulfide) groups is 1. The normalized spacial score (nSPS) is 15.3. The van der Waals surface area contributed by atoms with Gasteiger partial charge in [0.1, 0.15) is 5.25 Å². The van der Waals surface area contributed by atoms with Gasteiger partial charge in [0.25, 0.3) is 0 Å². The van der Waals surface area contributed by atoms with Gasteiger partial charge in [0.2, 0.25) is 11.1 Å². The molecule has 1 saturated heterocycles. The van der Waals surface area contributed by atoms with Crippen LogP contribution in [0, 0.1) is 13.8 Å². The molecule has 0 aliphatic carbocycles. The van der Waals surface area contributed by atoms with E-state index in [0.29, 0.717) is 31.5 Å². The van der Waals surface area contributed by atoms with Crippen LogP contribution in [0.15, 0.2) is 53.7 Å². The number of carbonyl (C=O) groups excluding carboxylic acids is 1. The quantitative estimate of drug-likeness (QED) is 0.603. The van der Waals surface area contributed by atoms with Crippen LogP contribution in [0.4, 0.5) is 0 Å². The number of hydrogen-bond acceptors (Lipinski definition) is 6. The molecule has 0 unspecified atom stereocenters. The van der Waals surface area contributed by atoms with Crippen molar-refractivity contribution in [2.24, 2.45) is 0 Å². The molecule has 7 nitrogen and oxygen atoms in total. The number of hydrogen-bond donors (Lipinski definition) is 0. The summed E-state index contributed by atoms with van der Waals surface area (Å²) in [6.07, 6.45) is 0. The highest BCUT2D eigenvalue weighted by molar-refractivity contribution is 8.00. The first-order valence-corrected chi connectivity index (χ1v) is 10.5. The zero-order chi connectivity index (χ0) is 20.2. The molecule has 1 aliphatic rings. The van der Waals surface area contributed by atoms with Crippen molar-refractivity contribution in [1.29, 1.82) is 0 Å². The first-order chi connectivity index (χ1) is 14.1. The van der Waals surface area contributed by atoms with Gasteiger partial charge in [-0.05, 0) is 41.5 Å². The number of aromatic nitrogens is 4. The summed E-state index contributed by atoms with van der Waals surface area (Å²) >= 11 is 1.38. The third kappa shape index (κ3) is 4.33. The van der Waals surface area contributed by atoms with E-state index in [2.05, 4.69) is 28.5 Å². The minimum atomic E-state index is -0.426. The molecule has 4 rings (SSSR count). The summed E-state index contributed by atoms with van der Waals surface area (Å²) in [4.78, 5) is 15.2. The first kappa shape index (κ1) is 19.6. The molecule has 3 aromatic rings. The number of ether oxygens (including phenoxy) is 1. The van der Waals surface area contributed by atoms with E-state index in [4.69, 9.17) is 4.74 Å². The predicted molar refractivity (Wildman–Crippen MR) is 111 cm³/mol. The Bertz CT molecular complexity index is 986. The zero-order valence-corrected chi connectivity index (χ0v) is 17.3. The lowest BCUT2D eigenvalue weighted by Crippen LogP contribution is -2.42. The van der Waals surface area contributed by atoms with Crippen LogP contribution in [-0.2, 0) is 9.53 Å². The molecule has 1 aliphatic heterocycles. The van der Waals surface area contributed by atoms with Gasteiger partial charge in [-0.25, -0.2) is 0 Å². The fraction of sp³-hybridized carbons (Fsp3) is 0.333. The first-order valence-electron chi connectivity index (χ1n) is 9.57. The van der Waals surface area contributed by atoms with Gasteiger partial charge >= 0.3 is 0 Å². The number of rotatable bonds is 5. The molecule has 1 atom stereocenters. The molecule has 1 amide bonds. The molecule has 0 spiro atoms. The summed E-state index contributed by atoms with van der Waals surface area (Å²) in [5.41, 5.74) is 4.10. The summed E-state index contributed by atoms with van der Waals surface area (Å²) in [5.74, 6) is 0.0553. The van der Waals surface area contributed by atoms with E-state index in [1.807, 2.05) is 54.3 Å². The fourth-order valence-electron chi connectivity index (χ4n) is 3.39. The van der Waals surface area contributed by atoms with E-state index < -0.39 is 5.25 Å². The van der Waals surface area contributed by atoms with Crippen molar-refractivity contribution in [3.63, 3.8) is 0 Å². The molecule has 1 fully saturated rings. The second kappa shape index (κ2) is 8.75. The van der Waals surface area contributed by atoms with E-state index in [-0.39, 0.29) is 5.91 Å². The molecule has 1 aromatic heterocycles. The Morgan fingerprint density at radius 1 is 1.10 bits per heavy atom. The Kier molecular flexibility index (Phi) is 5.92. The highest BCUT2D eigenvalue weighted by Gasteiger charge is 2.30. The van der Waals surface area contributed by atoms with Crippen LogP contribution in [-0.4, -0.2) is 57.3 Å². The summed E-state index contributed by atoms with van der Waals surface area (Å²) < 4.78 is 7.11. The van der Waals surface area contributed by atoms with Crippen LogP contribution >= 0.6 is 11.8 Å². The summed E-state index contributed by atoms with van der Waals surface area (Å²) in [7, 11) is 0. The van der Waals surface area contributed by atoms with Gasteiger partial charge in [-0.3, -0.25) is 4.79 Å². The van der Waals surface area contributed by atoms with Gasteiger partial charge in [0.15, 0.2) is 0 Å².